The molecule has 0 fully saturated rings. The van der Waals surface area contributed by atoms with Gasteiger partial charge in [0.2, 0.25) is 0 Å². The van der Waals surface area contributed by atoms with Gasteiger partial charge in [0.15, 0.2) is 5.78 Å². The molecule has 0 radical (unpaired) electrons. The molecule has 1 atom stereocenters. The Morgan fingerprint density at radius 1 is 1.28 bits per heavy atom. The van der Waals surface area contributed by atoms with E-state index in [0.717, 1.165) is 4.90 Å². The molecular weight excluding hydrogens is 344 g/mol. The molecule has 1 aromatic carbocycles. The van der Waals surface area contributed by atoms with Crippen LogP contribution in [0.4, 0.5) is 10.5 Å². The number of rotatable bonds is 3. The van der Waals surface area contributed by atoms with Crippen LogP contribution in [0.2, 0.25) is 5.02 Å². The van der Waals surface area contributed by atoms with Crippen molar-refractivity contribution >= 4 is 35.0 Å². The number of amides is 3. The van der Waals surface area contributed by atoms with Crippen molar-refractivity contribution in [1.29, 1.82) is 0 Å². The van der Waals surface area contributed by atoms with Crippen molar-refractivity contribution in [3.05, 3.63) is 52.6 Å². The second kappa shape index (κ2) is 6.60. The van der Waals surface area contributed by atoms with Gasteiger partial charge >= 0.3 is 6.03 Å². The Morgan fingerprint density at radius 2 is 2.04 bits per heavy atom. The maximum Gasteiger partial charge on any atom is 0.328 e. The molecule has 3 amide bonds. The number of nitrogens with one attached hydrogen (secondary N) is 1. The summed E-state index contributed by atoms with van der Waals surface area (Å²) in [6, 6.07) is 4.07. The van der Waals surface area contributed by atoms with Gasteiger partial charge in [-0.2, -0.15) is 0 Å². The van der Waals surface area contributed by atoms with E-state index in [2.05, 4.69) is 15.3 Å². The molecule has 0 unspecified atom stereocenters. The van der Waals surface area contributed by atoms with Gasteiger partial charge in [0.05, 0.1) is 17.6 Å². The first-order valence-corrected chi connectivity index (χ1v) is 8.06. The van der Waals surface area contributed by atoms with Gasteiger partial charge in [0, 0.05) is 17.8 Å². The zero-order valence-electron chi connectivity index (χ0n) is 13.6. The van der Waals surface area contributed by atoms with Crippen LogP contribution in [-0.2, 0) is 4.79 Å². The molecular formula is C17H15ClN4O3. The van der Waals surface area contributed by atoms with Crippen LogP contribution in [-0.4, -0.2) is 34.2 Å². The molecule has 0 bridgehead atoms. The fourth-order valence-corrected chi connectivity index (χ4v) is 2.88. The molecule has 2 heterocycles. The van der Waals surface area contributed by atoms with Crippen LogP contribution in [0.3, 0.4) is 0 Å². The molecule has 7 nitrogen and oxygen atoms in total. The molecule has 2 aromatic rings. The Hall–Kier alpha value is -2.80. The highest BCUT2D eigenvalue weighted by Crippen LogP contribution is 2.40. The minimum atomic E-state index is -1.17. The molecule has 0 aliphatic carbocycles. The van der Waals surface area contributed by atoms with Crippen molar-refractivity contribution in [2.75, 3.05) is 11.4 Å². The number of anilines is 1. The molecule has 0 spiro atoms. The van der Waals surface area contributed by atoms with Crippen LogP contribution in [0, 0.1) is 6.92 Å². The minimum absolute atomic E-state index is 0.0626. The fraction of sp³-hybridized carbons (Fsp3) is 0.235. The normalized spacial score (nSPS) is 15.9. The number of ketones is 1. The Bertz CT molecular complexity index is 867. The second-order valence-corrected chi connectivity index (χ2v) is 5.99. The van der Waals surface area contributed by atoms with Crippen molar-refractivity contribution < 1.29 is 14.4 Å². The summed E-state index contributed by atoms with van der Waals surface area (Å²) in [6.07, 6.45) is 2.77. The number of aromatic nitrogens is 2. The van der Waals surface area contributed by atoms with Crippen LogP contribution in [0.5, 0.6) is 0 Å². The Kier molecular flexibility index (Phi) is 4.50. The number of carbonyl (C=O) groups excluding carboxylic acids is 3. The summed E-state index contributed by atoms with van der Waals surface area (Å²) in [5.41, 5.74) is 1.45. The van der Waals surface area contributed by atoms with Crippen LogP contribution in [0.15, 0.2) is 30.6 Å². The number of benzene rings is 1. The van der Waals surface area contributed by atoms with E-state index in [1.807, 2.05) is 0 Å². The summed E-state index contributed by atoms with van der Waals surface area (Å²) >= 11 is 6.03. The van der Waals surface area contributed by atoms with Gasteiger partial charge in [-0.15, -0.1) is 0 Å². The summed E-state index contributed by atoms with van der Waals surface area (Å²) in [4.78, 5) is 47.0. The summed E-state index contributed by atoms with van der Waals surface area (Å²) in [5, 5.41) is 2.95. The lowest BCUT2D eigenvalue weighted by molar-refractivity contribution is -0.117. The van der Waals surface area contributed by atoms with E-state index in [4.69, 9.17) is 11.6 Å². The second-order valence-electron chi connectivity index (χ2n) is 5.55. The number of urea groups is 1. The third-order valence-electron chi connectivity index (χ3n) is 3.84. The summed E-state index contributed by atoms with van der Waals surface area (Å²) < 4.78 is 0. The summed E-state index contributed by atoms with van der Waals surface area (Å²) in [7, 11) is 0. The number of halogens is 1. The number of carbonyl (C=O) groups is 3. The van der Waals surface area contributed by atoms with Crippen molar-refractivity contribution in [2.45, 2.75) is 19.8 Å². The summed E-state index contributed by atoms with van der Waals surface area (Å²) in [6.45, 7) is 3.84. The largest absolute Gasteiger partial charge is 0.338 e. The first-order chi connectivity index (χ1) is 11.9. The predicted molar refractivity (Wildman–Crippen MR) is 91.9 cm³/mol. The quantitative estimate of drug-likeness (QED) is 0.672. The molecule has 0 saturated heterocycles. The molecule has 8 heteroatoms. The smallest absolute Gasteiger partial charge is 0.328 e. The number of imide groups is 1. The lowest BCUT2D eigenvalue weighted by Gasteiger charge is -2.16. The zero-order valence-corrected chi connectivity index (χ0v) is 14.4. The molecule has 0 saturated carbocycles. The third kappa shape index (κ3) is 2.98. The van der Waals surface area contributed by atoms with Gasteiger partial charge in [-0.05, 0) is 37.6 Å². The molecule has 1 aromatic heterocycles. The van der Waals surface area contributed by atoms with E-state index in [0.29, 0.717) is 28.5 Å². The first kappa shape index (κ1) is 17.0. The number of nitrogens with zero attached hydrogens (tertiary/aromatic N) is 3. The number of hydrogen-bond acceptors (Lipinski definition) is 5. The SMILES string of the molecule is CCNC(=O)N1C(=O)[C@@H](C(=O)c2cnc(C)cn2)c2cc(Cl)ccc21. The third-order valence-corrected chi connectivity index (χ3v) is 4.07. The predicted octanol–water partition coefficient (Wildman–Crippen LogP) is 2.48. The van der Waals surface area contributed by atoms with Crippen LogP contribution in [0.25, 0.3) is 0 Å². The van der Waals surface area contributed by atoms with E-state index in [-0.39, 0.29) is 5.69 Å². The van der Waals surface area contributed by atoms with E-state index >= 15 is 0 Å². The Morgan fingerprint density at radius 3 is 2.68 bits per heavy atom. The summed E-state index contributed by atoms with van der Waals surface area (Å²) in [5.74, 6) is -2.32. The first-order valence-electron chi connectivity index (χ1n) is 7.68. The van der Waals surface area contributed by atoms with Gasteiger partial charge in [0.1, 0.15) is 11.6 Å². The fourth-order valence-electron chi connectivity index (χ4n) is 2.70. The lowest BCUT2D eigenvalue weighted by atomic mass is 9.94. The average Bonchev–Trinajstić information content (AvgIpc) is 2.86. The van der Waals surface area contributed by atoms with Gasteiger partial charge in [-0.25, -0.2) is 14.7 Å². The van der Waals surface area contributed by atoms with Gasteiger partial charge < -0.3 is 5.32 Å². The molecule has 25 heavy (non-hydrogen) atoms. The highest BCUT2D eigenvalue weighted by atomic mass is 35.5. The maximum atomic E-state index is 12.8. The highest BCUT2D eigenvalue weighted by molar-refractivity contribution is 6.33. The number of Topliss-reactive ketones (excluding diaryl/α,β-unsaturated/α-hetero) is 1. The van der Waals surface area contributed by atoms with Crippen molar-refractivity contribution in [3.8, 4) is 0 Å². The maximum absolute atomic E-state index is 12.8. The molecule has 1 aliphatic rings. The van der Waals surface area contributed by atoms with E-state index < -0.39 is 23.6 Å². The van der Waals surface area contributed by atoms with E-state index in [1.165, 1.54) is 18.5 Å². The van der Waals surface area contributed by atoms with E-state index in [9.17, 15) is 14.4 Å². The minimum Gasteiger partial charge on any atom is -0.338 e. The standard InChI is InChI=1S/C17H15ClN4O3/c1-3-19-17(25)22-13-5-4-10(18)6-11(13)14(16(22)24)15(23)12-8-20-9(2)7-21-12/h4-8,14H,3H2,1-2H3,(H,19,25)/t14-/m1/s1. The van der Waals surface area contributed by atoms with Gasteiger partial charge in [-0.1, -0.05) is 11.6 Å². The average molecular weight is 359 g/mol. The Labute approximate surface area is 149 Å². The highest BCUT2D eigenvalue weighted by Gasteiger charge is 2.45. The lowest BCUT2D eigenvalue weighted by Crippen LogP contribution is -2.43. The van der Waals surface area contributed by atoms with E-state index in [1.54, 1.807) is 26.0 Å². The molecule has 1 N–H and O–H groups in total. The van der Waals surface area contributed by atoms with Crippen LogP contribution in [0.1, 0.15) is 34.6 Å². The van der Waals surface area contributed by atoms with Crippen LogP contribution >= 0.6 is 11.6 Å². The monoisotopic (exact) mass is 358 g/mol. The van der Waals surface area contributed by atoms with Gasteiger partial charge in [-0.3, -0.25) is 14.6 Å². The zero-order chi connectivity index (χ0) is 18.1. The van der Waals surface area contributed by atoms with Crippen LogP contribution < -0.4 is 10.2 Å². The molecule has 1 aliphatic heterocycles. The number of fused-ring (bicyclic) bond motifs is 1. The van der Waals surface area contributed by atoms with Crippen molar-refractivity contribution in [2.24, 2.45) is 0 Å². The van der Waals surface area contributed by atoms with Crippen molar-refractivity contribution in [1.82, 2.24) is 15.3 Å². The van der Waals surface area contributed by atoms with Crippen molar-refractivity contribution in [3.63, 3.8) is 0 Å². The Balaban J connectivity index is 2.06. The number of hydrogen-bond donors (Lipinski definition) is 1. The number of aryl methyl sites for hydroxylation is 1. The molecule has 3 rings (SSSR count). The van der Waals surface area contributed by atoms with Gasteiger partial charge in [0.25, 0.3) is 5.91 Å². The topological polar surface area (TPSA) is 92.3 Å². The molecule has 128 valence electrons.